The van der Waals surface area contributed by atoms with Gasteiger partial charge in [0.1, 0.15) is 5.69 Å². The Bertz CT molecular complexity index is 635. The van der Waals surface area contributed by atoms with Gasteiger partial charge >= 0.3 is 0 Å². The SMILES string of the molecule is CCn1nnc2c1CCN(Cc1cccs1)C2COCC1CC1. The summed E-state index contributed by atoms with van der Waals surface area (Å²) in [5, 5.41) is 11.0. The number of hydrogen-bond donors (Lipinski definition) is 0. The molecule has 1 atom stereocenters. The van der Waals surface area contributed by atoms with Gasteiger partial charge in [-0.1, -0.05) is 11.3 Å². The summed E-state index contributed by atoms with van der Waals surface area (Å²) in [5.74, 6) is 0.801. The van der Waals surface area contributed by atoms with Crippen LogP contribution in [-0.4, -0.2) is 39.7 Å². The lowest BCUT2D eigenvalue weighted by Crippen LogP contribution is -2.38. The fourth-order valence-corrected chi connectivity index (χ4v) is 4.03. The van der Waals surface area contributed by atoms with E-state index in [2.05, 4.69) is 39.6 Å². The highest BCUT2D eigenvalue weighted by Crippen LogP contribution is 2.32. The highest BCUT2D eigenvalue weighted by Gasteiger charge is 2.33. The van der Waals surface area contributed by atoms with Crippen molar-refractivity contribution in [3.8, 4) is 0 Å². The van der Waals surface area contributed by atoms with Crippen LogP contribution in [0.15, 0.2) is 17.5 Å². The average molecular weight is 332 g/mol. The smallest absolute Gasteiger partial charge is 0.105 e. The Morgan fingerprint density at radius 3 is 3.00 bits per heavy atom. The molecule has 1 saturated carbocycles. The number of rotatable bonds is 7. The van der Waals surface area contributed by atoms with Crippen LogP contribution in [0, 0.1) is 5.92 Å². The Balaban J connectivity index is 1.52. The third-order valence-electron chi connectivity index (χ3n) is 4.82. The molecule has 2 aromatic heterocycles. The topological polar surface area (TPSA) is 43.2 Å². The van der Waals surface area contributed by atoms with Crippen molar-refractivity contribution in [2.75, 3.05) is 19.8 Å². The fourth-order valence-electron chi connectivity index (χ4n) is 3.30. The number of fused-ring (bicyclic) bond motifs is 1. The number of nitrogens with zero attached hydrogens (tertiary/aromatic N) is 4. The fraction of sp³-hybridized carbons (Fsp3) is 0.647. The predicted molar refractivity (Wildman–Crippen MR) is 90.4 cm³/mol. The van der Waals surface area contributed by atoms with Crippen molar-refractivity contribution >= 4 is 11.3 Å². The maximum atomic E-state index is 6.03. The van der Waals surface area contributed by atoms with Crippen LogP contribution in [0.3, 0.4) is 0 Å². The number of aromatic nitrogens is 3. The molecule has 0 spiro atoms. The highest BCUT2D eigenvalue weighted by atomic mass is 32.1. The Hall–Kier alpha value is -1.24. The molecule has 0 aromatic carbocycles. The molecule has 1 aliphatic heterocycles. The molecule has 0 radical (unpaired) electrons. The Morgan fingerprint density at radius 1 is 1.35 bits per heavy atom. The number of hydrogen-bond acceptors (Lipinski definition) is 5. The minimum absolute atomic E-state index is 0.236. The molecular formula is C17H24N4OS. The Kier molecular flexibility index (Phi) is 4.46. The van der Waals surface area contributed by atoms with Gasteiger partial charge in [-0.2, -0.15) is 0 Å². The van der Waals surface area contributed by atoms with E-state index in [1.54, 1.807) is 0 Å². The summed E-state index contributed by atoms with van der Waals surface area (Å²) in [6, 6.07) is 4.58. The standard InChI is InChI=1S/C17H24N4OS/c1-2-21-15-7-8-20(10-14-4-3-9-23-14)16(17(15)18-19-21)12-22-11-13-5-6-13/h3-4,9,13,16H,2,5-8,10-12H2,1H3. The number of thiophene rings is 1. The normalized spacial score (nSPS) is 21.5. The summed E-state index contributed by atoms with van der Waals surface area (Å²) in [4.78, 5) is 3.92. The summed E-state index contributed by atoms with van der Waals surface area (Å²) < 4.78 is 8.08. The van der Waals surface area contributed by atoms with E-state index in [0.29, 0.717) is 0 Å². The maximum Gasteiger partial charge on any atom is 0.105 e. The number of ether oxygens (including phenoxy) is 1. The summed E-state index contributed by atoms with van der Waals surface area (Å²) in [7, 11) is 0. The van der Waals surface area contributed by atoms with Gasteiger partial charge in [-0.3, -0.25) is 4.90 Å². The molecule has 0 saturated heterocycles. The van der Waals surface area contributed by atoms with Gasteiger partial charge in [-0.05, 0) is 37.1 Å². The van der Waals surface area contributed by atoms with Crippen molar-refractivity contribution < 1.29 is 4.74 Å². The summed E-state index contributed by atoms with van der Waals surface area (Å²) >= 11 is 1.82. The van der Waals surface area contributed by atoms with Crippen LogP contribution < -0.4 is 0 Å². The van der Waals surface area contributed by atoms with Gasteiger partial charge in [-0.15, -0.1) is 16.4 Å². The molecule has 6 heteroatoms. The highest BCUT2D eigenvalue weighted by molar-refractivity contribution is 7.09. The van der Waals surface area contributed by atoms with Crippen molar-refractivity contribution in [2.45, 2.75) is 45.3 Å². The quantitative estimate of drug-likeness (QED) is 0.782. The van der Waals surface area contributed by atoms with Gasteiger partial charge in [0, 0.05) is 37.5 Å². The van der Waals surface area contributed by atoms with Crippen LogP contribution in [0.4, 0.5) is 0 Å². The van der Waals surface area contributed by atoms with Crippen LogP contribution in [0.5, 0.6) is 0 Å². The van der Waals surface area contributed by atoms with Crippen molar-refractivity contribution in [1.29, 1.82) is 0 Å². The summed E-state index contributed by atoms with van der Waals surface area (Å²) in [6.07, 6.45) is 3.70. The van der Waals surface area contributed by atoms with E-state index in [9.17, 15) is 0 Å². The summed E-state index contributed by atoms with van der Waals surface area (Å²) in [5.41, 5.74) is 2.43. The molecule has 124 valence electrons. The van der Waals surface area contributed by atoms with E-state index in [0.717, 1.165) is 50.9 Å². The van der Waals surface area contributed by atoms with E-state index in [1.165, 1.54) is 23.4 Å². The van der Waals surface area contributed by atoms with Crippen LogP contribution in [0.1, 0.15) is 42.1 Å². The zero-order valence-electron chi connectivity index (χ0n) is 13.6. The molecule has 1 aliphatic carbocycles. The third kappa shape index (κ3) is 3.34. The second-order valence-corrected chi connectivity index (χ2v) is 7.57. The van der Waals surface area contributed by atoms with E-state index >= 15 is 0 Å². The van der Waals surface area contributed by atoms with Crippen LogP contribution >= 0.6 is 11.3 Å². The molecule has 2 aliphatic rings. The third-order valence-corrected chi connectivity index (χ3v) is 5.69. The first-order valence-electron chi connectivity index (χ1n) is 8.61. The first-order chi connectivity index (χ1) is 11.3. The molecule has 23 heavy (non-hydrogen) atoms. The maximum absolute atomic E-state index is 6.03. The minimum atomic E-state index is 0.236. The Morgan fingerprint density at radius 2 is 2.26 bits per heavy atom. The zero-order valence-corrected chi connectivity index (χ0v) is 14.5. The monoisotopic (exact) mass is 332 g/mol. The van der Waals surface area contributed by atoms with Gasteiger partial charge < -0.3 is 4.74 Å². The predicted octanol–water partition coefficient (Wildman–Crippen LogP) is 2.89. The molecular weight excluding hydrogens is 308 g/mol. The van der Waals surface area contributed by atoms with Crippen molar-refractivity contribution in [2.24, 2.45) is 5.92 Å². The van der Waals surface area contributed by atoms with E-state index in [1.807, 2.05) is 16.0 Å². The largest absolute Gasteiger partial charge is 0.379 e. The molecule has 5 nitrogen and oxygen atoms in total. The molecule has 2 aromatic rings. The van der Waals surface area contributed by atoms with Crippen LogP contribution in [0.25, 0.3) is 0 Å². The first-order valence-corrected chi connectivity index (χ1v) is 9.49. The average Bonchev–Trinajstić information content (AvgIpc) is 3.08. The first kappa shape index (κ1) is 15.3. The van der Waals surface area contributed by atoms with Gasteiger partial charge in [0.2, 0.25) is 0 Å². The lowest BCUT2D eigenvalue weighted by Gasteiger charge is -2.34. The Labute approximate surface area is 141 Å². The van der Waals surface area contributed by atoms with Crippen LogP contribution in [0.2, 0.25) is 0 Å². The van der Waals surface area contributed by atoms with Gasteiger partial charge in [0.05, 0.1) is 18.3 Å². The molecule has 1 unspecified atom stereocenters. The van der Waals surface area contributed by atoms with Crippen molar-refractivity contribution in [3.05, 3.63) is 33.8 Å². The second kappa shape index (κ2) is 6.71. The van der Waals surface area contributed by atoms with E-state index < -0.39 is 0 Å². The van der Waals surface area contributed by atoms with Gasteiger partial charge in [0.25, 0.3) is 0 Å². The molecule has 3 heterocycles. The second-order valence-electron chi connectivity index (χ2n) is 6.53. The molecule has 0 bridgehead atoms. The molecule has 0 N–H and O–H groups in total. The number of aryl methyl sites for hydroxylation is 1. The molecule has 0 amide bonds. The minimum Gasteiger partial charge on any atom is -0.379 e. The van der Waals surface area contributed by atoms with Crippen molar-refractivity contribution in [3.63, 3.8) is 0 Å². The van der Waals surface area contributed by atoms with Crippen molar-refractivity contribution in [1.82, 2.24) is 19.9 Å². The van der Waals surface area contributed by atoms with Gasteiger partial charge in [0.15, 0.2) is 0 Å². The van der Waals surface area contributed by atoms with E-state index in [-0.39, 0.29) is 6.04 Å². The van der Waals surface area contributed by atoms with E-state index in [4.69, 9.17) is 4.74 Å². The van der Waals surface area contributed by atoms with Gasteiger partial charge in [-0.25, -0.2) is 4.68 Å². The lowest BCUT2D eigenvalue weighted by atomic mass is 10.0. The lowest BCUT2D eigenvalue weighted by molar-refractivity contribution is 0.0429. The van der Waals surface area contributed by atoms with Crippen LogP contribution in [-0.2, 0) is 24.2 Å². The molecule has 4 rings (SSSR count). The summed E-state index contributed by atoms with van der Waals surface area (Å²) in [6.45, 7) is 6.69. The molecule has 1 fully saturated rings. The zero-order chi connectivity index (χ0) is 15.6.